The third-order valence-electron chi connectivity index (χ3n) is 1.80. The third-order valence-corrected chi connectivity index (χ3v) is 2.21. The van der Waals surface area contributed by atoms with Crippen molar-refractivity contribution in [3.05, 3.63) is 34.3 Å². The summed E-state index contributed by atoms with van der Waals surface area (Å²) in [4.78, 5) is 10.2. The number of aryl methyl sites for hydroxylation is 1. The van der Waals surface area contributed by atoms with Crippen molar-refractivity contribution in [2.45, 2.75) is 26.7 Å². The minimum atomic E-state index is -3.89. The summed E-state index contributed by atoms with van der Waals surface area (Å²) >= 11 is 5.60. The SMILES string of the molecule is CC.Cc1ccc(C(F)(F)C(=O)O)cc1Cl. The van der Waals surface area contributed by atoms with Gasteiger partial charge in [-0.1, -0.05) is 37.6 Å². The molecule has 0 aliphatic heterocycles. The van der Waals surface area contributed by atoms with E-state index in [2.05, 4.69) is 0 Å². The van der Waals surface area contributed by atoms with Crippen molar-refractivity contribution in [2.75, 3.05) is 0 Å². The molecule has 0 spiro atoms. The topological polar surface area (TPSA) is 37.3 Å². The van der Waals surface area contributed by atoms with Crippen LogP contribution in [0.2, 0.25) is 5.02 Å². The highest BCUT2D eigenvalue weighted by Gasteiger charge is 2.41. The number of benzene rings is 1. The van der Waals surface area contributed by atoms with E-state index < -0.39 is 17.5 Å². The van der Waals surface area contributed by atoms with Crippen molar-refractivity contribution < 1.29 is 18.7 Å². The molecule has 1 aromatic rings. The predicted molar refractivity (Wildman–Crippen MR) is 59.1 cm³/mol. The van der Waals surface area contributed by atoms with Crippen LogP contribution in [0.25, 0.3) is 0 Å². The van der Waals surface area contributed by atoms with Crippen LogP contribution in [0, 0.1) is 6.92 Å². The lowest BCUT2D eigenvalue weighted by Crippen LogP contribution is -2.25. The Hall–Kier alpha value is -1.16. The van der Waals surface area contributed by atoms with Gasteiger partial charge in [0, 0.05) is 10.6 Å². The molecule has 1 rings (SSSR count). The van der Waals surface area contributed by atoms with Gasteiger partial charge in [0.05, 0.1) is 0 Å². The number of halogens is 3. The molecule has 0 atom stereocenters. The smallest absolute Gasteiger partial charge is 0.379 e. The van der Waals surface area contributed by atoms with Crippen LogP contribution >= 0.6 is 11.6 Å². The first-order chi connectivity index (χ1) is 7.35. The molecule has 2 nitrogen and oxygen atoms in total. The zero-order valence-electron chi connectivity index (χ0n) is 9.22. The van der Waals surface area contributed by atoms with Crippen molar-refractivity contribution >= 4 is 17.6 Å². The number of hydrogen-bond donors (Lipinski definition) is 1. The summed E-state index contributed by atoms with van der Waals surface area (Å²) in [5.41, 5.74) is 0.0113. The molecule has 0 fully saturated rings. The number of carboxylic acid groups (broad SMARTS) is 1. The van der Waals surface area contributed by atoms with Gasteiger partial charge < -0.3 is 5.11 Å². The minimum absolute atomic E-state index is 0.128. The fourth-order valence-electron chi connectivity index (χ4n) is 0.912. The van der Waals surface area contributed by atoms with E-state index in [9.17, 15) is 13.6 Å². The van der Waals surface area contributed by atoms with Crippen molar-refractivity contribution in [3.63, 3.8) is 0 Å². The quantitative estimate of drug-likeness (QED) is 0.866. The highest BCUT2D eigenvalue weighted by Crippen LogP contribution is 2.30. The maximum absolute atomic E-state index is 12.9. The predicted octanol–water partition coefficient (Wildman–Crippen LogP) is 3.85. The highest BCUT2D eigenvalue weighted by atomic mass is 35.5. The van der Waals surface area contributed by atoms with Gasteiger partial charge in [-0.05, 0) is 18.6 Å². The normalized spacial score (nSPS) is 10.4. The second-order valence-electron chi connectivity index (χ2n) is 2.84. The van der Waals surface area contributed by atoms with Gasteiger partial charge in [0.2, 0.25) is 0 Å². The molecule has 0 saturated carbocycles. The molecule has 0 amide bonds. The summed E-state index contributed by atoms with van der Waals surface area (Å²) in [6, 6.07) is 3.37. The molecule has 0 aromatic heterocycles. The molecular formula is C11H13ClF2O2. The summed E-state index contributed by atoms with van der Waals surface area (Å²) in [7, 11) is 0. The minimum Gasteiger partial charge on any atom is -0.477 e. The number of rotatable bonds is 2. The molecule has 1 aromatic carbocycles. The molecule has 16 heavy (non-hydrogen) atoms. The zero-order valence-corrected chi connectivity index (χ0v) is 9.98. The lowest BCUT2D eigenvalue weighted by molar-refractivity contribution is -0.166. The monoisotopic (exact) mass is 250 g/mol. The standard InChI is InChI=1S/C9H7ClF2O2.C2H6/c1-5-2-3-6(4-7(5)10)9(11,12)8(13)14;1-2/h2-4H,1H3,(H,13,14);1-2H3. The zero-order chi connectivity index (χ0) is 12.9. The Balaban J connectivity index is 0.00000106. The summed E-state index contributed by atoms with van der Waals surface area (Å²) in [6.07, 6.45) is 0. The average Bonchev–Trinajstić information content (AvgIpc) is 2.24. The van der Waals surface area contributed by atoms with E-state index in [1.165, 1.54) is 6.07 Å². The number of aliphatic carboxylic acids is 1. The van der Waals surface area contributed by atoms with Gasteiger partial charge >= 0.3 is 11.9 Å². The van der Waals surface area contributed by atoms with Gasteiger partial charge in [-0.3, -0.25) is 0 Å². The molecule has 1 N–H and O–H groups in total. The van der Waals surface area contributed by atoms with E-state index in [0.717, 1.165) is 12.1 Å². The maximum atomic E-state index is 12.9. The molecule has 0 heterocycles. The molecule has 0 saturated heterocycles. The second-order valence-corrected chi connectivity index (χ2v) is 3.25. The summed E-state index contributed by atoms with van der Waals surface area (Å²) in [5, 5.41) is 8.39. The largest absolute Gasteiger partial charge is 0.477 e. The lowest BCUT2D eigenvalue weighted by Gasteiger charge is -2.12. The van der Waals surface area contributed by atoms with Crippen molar-refractivity contribution in [1.29, 1.82) is 0 Å². The van der Waals surface area contributed by atoms with Crippen LogP contribution in [0.15, 0.2) is 18.2 Å². The first-order valence-electron chi connectivity index (χ1n) is 4.73. The molecule has 0 aliphatic carbocycles. The average molecular weight is 251 g/mol. The summed E-state index contributed by atoms with van der Waals surface area (Å²) in [5.74, 6) is -6.07. The van der Waals surface area contributed by atoms with E-state index >= 15 is 0 Å². The molecule has 0 aliphatic rings. The first kappa shape index (κ1) is 14.8. The van der Waals surface area contributed by atoms with Crippen molar-refractivity contribution in [3.8, 4) is 0 Å². The van der Waals surface area contributed by atoms with Gasteiger partial charge in [0.25, 0.3) is 0 Å². The lowest BCUT2D eigenvalue weighted by atomic mass is 10.1. The molecular weight excluding hydrogens is 238 g/mol. The van der Waals surface area contributed by atoms with Gasteiger partial charge in [-0.15, -0.1) is 0 Å². The van der Waals surface area contributed by atoms with Gasteiger partial charge in [-0.25, -0.2) is 4.79 Å². The Kier molecular flexibility index (Phi) is 5.38. The van der Waals surface area contributed by atoms with Crippen LogP contribution in [-0.4, -0.2) is 11.1 Å². The molecule has 0 bridgehead atoms. The van der Waals surface area contributed by atoms with Crippen LogP contribution < -0.4 is 0 Å². The van der Waals surface area contributed by atoms with E-state index in [1.54, 1.807) is 6.92 Å². The van der Waals surface area contributed by atoms with E-state index in [0.29, 0.717) is 5.56 Å². The number of alkyl halides is 2. The van der Waals surface area contributed by atoms with Gasteiger partial charge in [0.15, 0.2) is 0 Å². The second kappa shape index (κ2) is 5.80. The van der Waals surface area contributed by atoms with Crippen LogP contribution in [-0.2, 0) is 10.7 Å². The molecule has 0 unspecified atom stereocenters. The fraction of sp³-hybridized carbons (Fsp3) is 0.364. The van der Waals surface area contributed by atoms with Gasteiger partial charge in [-0.2, -0.15) is 8.78 Å². The van der Waals surface area contributed by atoms with Crippen LogP contribution in [0.3, 0.4) is 0 Å². The number of carboxylic acids is 1. The highest BCUT2D eigenvalue weighted by molar-refractivity contribution is 6.31. The Morgan fingerprint density at radius 1 is 1.38 bits per heavy atom. The van der Waals surface area contributed by atoms with Crippen LogP contribution in [0.1, 0.15) is 25.0 Å². The number of hydrogen-bond acceptors (Lipinski definition) is 1. The first-order valence-corrected chi connectivity index (χ1v) is 5.11. The van der Waals surface area contributed by atoms with E-state index in [1.807, 2.05) is 13.8 Å². The van der Waals surface area contributed by atoms with E-state index in [4.69, 9.17) is 16.7 Å². The third kappa shape index (κ3) is 3.17. The maximum Gasteiger partial charge on any atom is 0.379 e. The molecule has 0 radical (unpaired) electrons. The number of carbonyl (C=O) groups is 1. The fourth-order valence-corrected chi connectivity index (χ4v) is 1.09. The van der Waals surface area contributed by atoms with Crippen molar-refractivity contribution in [1.82, 2.24) is 0 Å². The summed E-state index contributed by atoms with van der Waals surface area (Å²) < 4.78 is 25.9. The van der Waals surface area contributed by atoms with E-state index in [-0.39, 0.29) is 5.02 Å². The molecule has 5 heteroatoms. The Labute approximate surface area is 97.9 Å². The van der Waals surface area contributed by atoms with Crippen LogP contribution in [0.4, 0.5) is 8.78 Å². The Bertz CT molecular complexity index is 378. The summed E-state index contributed by atoms with van der Waals surface area (Å²) in [6.45, 7) is 5.64. The molecule has 90 valence electrons. The van der Waals surface area contributed by atoms with Crippen molar-refractivity contribution in [2.24, 2.45) is 0 Å². The Morgan fingerprint density at radius 3 is 2.25 bits per heavy atom. The Morgan fingerprint density at radius 2 is 1.88 bits per heavy atom. The van der Waals surface area contributed by atoms with Gasteiger partial charge in [0.1, 0.15) is 0 Å². The van der Waals surface area contributed by atoms with Crippen LogP contribution in [0.5, 0.6) is 0 Å².